The van der Waals surface area contributed by atoms with Gasteiger partial charge in [0.25, 0.3) is 0 Å². The van der Waals surface area contributed by atoms with Crippen molar-refractivity contribution in [3.63, 3.8) is 0 Å². The lowest BCUT2D eigenvalue weighted by molar-refractivity contribution is 0.288. The lowest BCUT2D eigenvalue weighted by Gasteiger charge is -2.33. The molecule has 2 fully saturated rings. The number of pyridine rings is 1. The average Bonchev–Trinajstić information content (AvgIpc) is 3.41. The van der Waals surface area contributed by atoms with E-state index < -0.39 is 0 Å². The normalized spacial score (nSPS) is 17.7. The van der Waals surface area contributed by atoms with Gasteiger partial charge in [-0.1, -0.05) is 0 Å². The molecule has 1 aliphatic carbocycles. The molecule has 0 radical (unpaired) electrons. The smallest absolute Gasteiger partial charge is 0.213 e. The summed E-state index contributed by atoms with van der Waals surface area (Å²) in [6.07, 6.45) is 8.06. The summed E-state index contributed by atoms with van der Waals surface area (Å²) in [6.45, 7) is 6.28. The van der Waals surface area contributed by atoms with Gasteiger partial charge < -0.3 is 15.0 Å². The number of hydrogen-bond donors (Lipinski definition) is 2. The van der Waals surface area contributed by atoms with Gasteiger partial charge in [-0.2, -0.15) is 5.10 Å². The first-order valence-electron chi connectivity index (χ1n) is 10.3. The summed E-state index contributed by atoms with van der Waals surface area (Å²) in [5, 5.41) is 10.4. The SMILES string of the molecule is CCNC(=NCc1ccnc(OCC2CC2)c1)N1CCC(c2ncn[nH]2)CC1.I. The second-order valence-corrected chi connectivity index (χ2v) is 7.56. The lowest BCUT2D eigenvalue weighted by Crippen LogP contribution is -2.45. The van der Waals surface area contributed by atoms with Gasteiger partial charge >= 0.3 is 0 Å². The van der Waals surface area contributed by atoms with Crippen LogP contribution >= 0.6 is 24.0 Å². The molecule has 1 saturated heterocycles. The molecule has 3 heterocycles. The van der Waals surface area contributed by atoms with Crippen molar-refractivity contribution in [3.05, 3.63) is 36.0 Å². The fourth-order valence-electron chi connectivity index (χ4n) is 3.48. The Kier molecular flexibility index (Phi) is 8.08. The van der Waals surface area contributed by atoms with Gasteiger partial charge in [0.15, 0.2) is 5.96 Å². The Balaban J connectivity index is 0.00000240. The number of piperidine rings is 1. The van der Waals surface area contributed by atoms with Crippen molar-refractivity contribution in [3.8, 4) is 5.88 Å². The van der Waals surface area contributed by atoms with E-state index in [-0.39, 0.29) is 24.0 Å². The van der Waals surface area contributed by atoms with E-state index in [0.717, 1.165) is 62.3 Å². The van der Waals surface area contributed by atoms with Crippen molar-refractivity contribution in [2.24, 2.45) is 10.9 Å². The van der Waals surface area contributed by atoms with Gasteiger partial charge in [-0.3, -0.25) is 5.10 Å². The predicted octanol–water partition coefficient (Wildman–Crippen LogP) is 2.95. The number of aromatic nitrogens is 4. The molecule has 2 aliphatic rings. The van der Waals surface area contributed by atoms with Crippen LogP contribution in [-0.2, 0) is 6.54 Å². The highest BCUT2D eigenvalue weighted by molar-refractivity contribution is 14.0. The molecule has 1 aliphatic heterocycles. The minimum Gasteiger partial charge on any atom is -0.477 e. The van der Waals surface area contributed by atoms with E-state index >= 15 is 0 Å². The summed E-state index contributed by atoms with van der Waals surface area (Å²) in [6, 6.07) is 4.01. The summed E-state index contributed by atoms with van der Waals surface area (Å²) in [5.74, 6) is 3.85. The Morgan fingerprint density at radius 3 is 2.79 bits per heavy atom. The third-order valence-electron chi connectivity index (χ3n) is 5.32. The van der Waals surface area contributed by atoms with Gasteiger partial charge in [-0.25, -0.2) is 15.0 Å². The fourth-order valence-corrected chi connectivity index (χ4v) is 3.48. The van der Waals surface area contributed by atoms with Crippen LogP contribution in [0.5, 0.6) is 5.88 Å². The molecular weight excluding hydrogens is 481 g/mol. The summed E-state index contributed by atoms with van der Waals surface area (Å²) in [4.78, 5) is 15.8. The van der Waals surface area contributed by atoms with Crippen LogP contribution in [0.15, 0.2) is 29.6 Å². The van der Waals surface area contributed by atoms with E-state index in [2.05, 4.69) is 37.3 Å². The summed E-state index contributed by atoms with van der Waals surface area (Å²) in [7, 11) is 0. The van der Waals surface area contributed by atoms with Crippen molar-refractivity contribution in [1.29, 1.82) is 0 Å². The molecule has 0 amide bonds. The van der Waals surface area contributed by atoms with Crippen LogP contribution in [0.25, 0.3) is 0 Å². The maximum absolute atomic E-state index is 5.79. The van der Waals surface area contributed by atoms with Crippen LogP contribution < -0.4 is 10.1 Å². The summed E-state index contributed by atoms with van der Waals surface area (Å²) in [5.41, 5.74) is 1.12. The molecule has 0 aromatic carbocycles. The molecule has 0 unspecified atom stereocenters. The number of aliphatic imine (C=N–C) groups is 1. The van der Waals surface area contributed by atoms with Crippen LogP contribution in [0, 0.1) is 5.92 Å². The lowest BCUT2D eigenvalue weighted by atomic mass is 9.96. The number of H-pyrrole nitrogens is 1. The highest BCUT2D eigenvalue weighted by Gasteiger charge is 2.24. The summed E-state index contributed by atoms with van der Waals surface area (Å²) < 4.78 is 5.79. The Hall–Kier alpha value is -1.91. The number of rotatable bonds is 7. The Labute approximate surface area is 189 Å². The standard InChI is InChI=1S/C20H29N7O.HI/c1-2-21-20(27-9-6-17(7-10-27)19-24-14-25-26-19)23-12-16-5-8-22-18(11-16)28-13-15-3-4-15;/h5,8,11,14-15,17H,2-4,6-7,9-10,12-13H2,1H3,(H,21,23)(H,24,25,26);1H. The van der Waals surface area contributed by atoms with E-state index in [0.29, 0.717) is 18.3 Å². The fraction of sp³-hybridized carbons (Fsp3) is 0.600. The van der Waals surface area contributed by atoms with Gasteiger partial charge in [0, 0.05) is 37.8 Å². The second-order valence-electron chi connectivity index (χ2n) is 7.56. The third kappa shape index (κ3) is 6.28. The number of aromatic amines is 1. The largest absolute Gasteiger partial charge is 0.477 e. The first-order valence-corrected chi connectivity index (χ1v) is 10.3. The summed E-state index contributed by atoms with van der Waals surface area (Å²) >= 11 is 0. The van der Waals surface area contributed by atoms with E-state index in [1.54, 1.807) is 6.33 Å². The second kappa shape index (κ2) is 10.7. The predicted molar refractivity (Wildman–Crippen MR) is 123 cm³/mol. The average molecular weight is 511 g/mol. The molecule has 2 N–H and O–H groups in total. The molecule has 0 spiro atoms. The molecule has 8 nitrogen and oxygen atoms in total. The number of ether oxygens (including phenoxy) is 1. The van der Waals surface area contributed by atoms with Gasteiger partial charge in [0.05, 0.1) is 13.2 Å². The molecule has 1 saturated carbocycles. The van der Waals surface area contributed by atoms with Crippen LogP contribution in [0.3, 0.4) is 0 Å². The van der Waals surface area contributed by atoms with E-state index in [9.17, 15) is 0 Å². The number of nitrogens with one attached hydrogen (secondary N) is 2. The van der Waals surface area contributed by atoms with Crippen molar-refractivity contribution in [1.82, 2.24) is 30.4 Å². The first kappa shape index (κ1) is 21.8. The quantitative estimate of drug-likeness (QED) is 0.338. The molecule has 4 rings (SSSR count). The van der Waals surface area contributed by atoms with Crippen LogP contribution in [0.1, 0.15) is 49.9 Å². The molecule has 0 bridgehead atoms. The zero-order valence-electron chi connectivity index (χ0n) is 16.9. The molecule has 29 heavy (non-hydrogen) atoms. The highest BCUT2D eigenvalue weighted by Crippen LogP contribution is 2.29. The monoisotopic (exact) mass is 511 g/mol. The van der Waals surface area contributed by atoms with Crippen LogP contribution in [0.2, 0.25) is 0 Å². The number of nitrogens with zero attached hydrogens (tertiary/aromatic N) is 5. The number of halogens is 1. The van der Waals surface area contributed by atoms with E-state index in [4.69, 9.17) is 9.73 Å². The minimum atomic E-state index is 0. The first-order chi connectivity index (χ1) is 13.8. The van der Waals surface area contributed by atoms with E-state index in [1.165, 1.54) is 12.8 Å². The zero-order chi connectivity index (χ0) is 19.2. The highest BCUT2D eigenvalue weighted by atomic mass is 127. The third-order valence-corrected chi connectivity index (χ3v) is 5.32. The Morgan fingerprint density at radius 1 is 1.28 bits per heavy atom. The van der Waals surface area contributed by atoms with Crippen molar-refractivity contribution < 1.29 is 4.74 Å². The topological polar surface area (TPSA) is 91.3 Å². The molecule has 2 aromatic rings. The van der Waals surface area contributed by atoms with Crippen LogP contribution in [-0.4, -0.2) is 57.3 Å². The minimum absolute atomic E-state index is 0. The van der Waals surface area contributed by atoms with Crippen molar-refractivity contribution in [2.45, 2.75) is 45.1 Å². The molecule has 0 atom stereocenters. The maximum atomic E-state index is 5.79. The van der Waals surface area contributed by atoms with Gasteiger partial charge in [0.1, 0.15) is 12.2 Å². The molecule has 9 heteroatoms. The van der Waals surface area contributed by atoms with Gasteiger partial charge in [0.2, 0.25) is 5.88 Å². The maximum Gasteiger partial charge on any atom is 0.213 e. The molecule has 2 aromatic heterocycles. The molecular formula is C20H30IN7O. The zero-order valence-corrected chi connectivity index (χ0v) is 19.2. The van der Waals surface area contributed by atoms with E-state index in [1.807, 2.05) is 18.3 Å². The number of likely N-dealkylation sites (tertiary alicyclic amines) is 1. The van der Waals surface area contributed by atoms with Crippen molar-refractivity contribution in [2.75, 3.05) is 26.2 Å². The Morgan fingerprint density at radius 2 is 2.10 bits per heavy atom. The number of hydrogen-bond acceptors (Lipinski definition) is 5. The molecule has 158 valence electrons. The number of guanidine groups is 1. The van der Waals surface area contributed by atoms with Gasteiger partial charge in [-0.05, 0) is 50.2 Å². The van der Waals surface area contributed by atoms with Crippen molar-refractivity contribution >= 4 is 29.9 Å². The van der Waals surface area contributed by atoms with Crippen LogP contribution in [0.4, 0.5) is 0 Å². The Bertz CT molecular complexity index is 771. The van der Waals surface area contributed by atoms with Gasteiger partial charge in [-0.15, -0.1) is 24.0 Å².